The van der Waals surface area contributed by atoms with Gasteiger partial charge in [-0.05, 0) is 13.8 Å². The van der Waals surface area contributed by atoms with Gasteiger partial charge in [0, 0.05) is 7.11 Å². The number of hydrogen-bond donors (Lipinski definition) is 2. The molecular weight excluding hydrogens is 250 g/mol. The third-order valence-electron chi connectivity index (χ3n) is 1.82. The van der Waals surface area contributed by atoms with Gasteiger partial charge in [-0.25, -0.2) is 4.98 Å². The van der Waals surface area contributed by atoms with Crippen LogP contribution in [0.2, 0.25) is 0 Å². The maximum Gasteiger partial charge on any atom is 0.244 e. The second-order valence-electron chi connectivity index (χ2n) is 3.20. The zero-order valence-electron chi connectivity index (χ0n) is 9.44. The zero-order chi connectivity index (χ0) is 11.4. The van der Waals surface area contributed by atoms with Crippen molar-refractivity contribution in [2.75, 3.05) is 19.0 Å². The number of methoxy groups -OCH3 is 1. The number of rotatable bonds is 4. The number of aryl methyl sites for hydroxylation is 2. The standard InChI is InChI=1S/C9H15N3O2S.ClH/c1-5-9(15-6(2)11-5)12-8(13)7(10)4-14-3;/h7H,4,10H2,1-3H3,(H,12,13);1H. The predicted octanol–water partition coefficient (Wildman–Crippen LogP) is 1.09. The summed E-state index contributed by atoms with van der Waals surface area (Å²) in [6.07, 6.45) is 0. The van der Waals surface area contributed by atoms with Crippen LogP contribution in [0, 0.1) is 13.8 Å². The third kappa shape index (κ3) is 4.05. The van der Waals surface area contributed by atoms with Crippen molar-refractivity contribution in [2.45, 2.75) is 19.9 Å². The van der Waals surface area contributed by atoms with E-state index < -0.39 is 6.04 Å². The fourth-order valence-electron chi connectivity index (χ4n) is 1.11. The molecule has 0 aliphatic rings. The molecule has 0 fully saturated rings. The highest BCUT2D eigenvalue weighted by Crippen LogP contribution is 2.22. The molecule has 5 nitrogen and oxygen atoms in total. The van der Waals surface area contributed by atoms with Crippen LogP contribution >= 0.6 is 23.7 Å². The maximum absolute atomic E-state index is 11.5. The molecule has 1 heterocycles. The molecule has 7 heteroatoms. The molecule has 1 amide bonds. The Morgan fingerprint density at radius 2 is 2.25 bits per heavy atom. The molecule has 0 saturated carbocycles. The van der Waals surface area contributed by atoms with E-state index in [2.05, 4.69) is 10.3 Å². The topological polar surface area (TPSA) is 77.2 Å². The molecule has 3 N–H and O–H groups in total. The molecule has 1 unspecified atom stereocenters. The number of ether oxygens (including phenoxy) is 1. The number of thiazole rings is 1. The second-order valence-corrected chi connectivity index (χ2v) is 4.40. The third-order valence-corrected chi connectivity index (χ3v) is 2.81. The highest BCUT2D eigenvalue weighted by molar-refractivity contribution is 7.16. The molecule has 1 atom stereocenters. The molecular formula is C9H16ClN3O2S. The van der Waals surface area contributed by atoms with Gasteiger partial charge in [-0.15, -0.1) is 23.7 Å². The summed E-state index contributed by atoms with van der Waals surface area (Å²) in [4.78, 5) is 15.7. The molecule has 0 aliphatic carbocycles. The number of aromatic nitrogens is 1. The first kappa shape index (κ1) is 15.3. The first-order chi connectivity index (χ1) is 7.04. The summed E-state index contributed by atoms with van der Waals surface area (Å²) in [6, 6.07) is -0.642. The van der Waals surface area contributed by atoms with E-state index in [0.29, 0.717) is 0 Å². The lowest BCUT2D eigenvalue weighted by atomic mass is 10.3. The Labute approximate surface area is 105 Å². The van der Waals surface area contributed by atoms with Gasteiger partial charge in [0.05, 0.1) is 17.3 Å². The van der Waals surface area contributed by atoms with Crippen molar-refractivity contribution in [3.05, 3.63) is 10.7 Å². The van der Waals surface area contributed by atoms with Crippen LogP contribution in [0.25, 0.3) is 0 Å². The summed E-state index contributed by atoms with van der Waals surface area (Å²) in [5.41, 5.74) is 6.39. The van der Waals surface area contributed by atoms with Gasteiger partial charge in [0.1, 0.15) is 11.0 Å². The van der Waals surface area contributed by atoms with Crippen molar-refractivity contribution >= 4 is 34.7 Å². The first-order valence-corrected chi connectivity index (χ1v) is 5.35. The Balaban J connectivity index is 0.00000225. The Morgan fingerprint density at radius 3 is 2.69 bits per heavy atom. The number of halogens is 1. The van der Waals surface area contributed by atoms with Crippen LogP contribution < -0.4 is 11.1 Å². The molecule has 0 saturated heterocycles. The van der Waals surface area contributed by atoms with Crippen LogP contribution in [0.1, 0.15) is 10.7 Å². The number of nitrogens with two attached hydrogens (primary N) is 1. The average molecular weight is 266 g/mol. The highest BCUT2D eigenvalue weighted by Gasteiger charge is 2.15. The summed E-state index contributed by atoms with van der Waals surface area (Å²) < 4.78 is 4.80. The molecule has 16 heavy (non-hydrogen) atoms. The van der Waals surface area contributed by atoms with Crippen LogP contribution in [0.15, 0.2) is 0 Å². The Morgan fingerprint density at radius 1 is 1.62 bits per heavy atom. The van der Waals surface area contributed by atoms with Gasteiger partial charge in [0.2, 0.25) is 5.91 Å². The Bertz CT molecular complexity index is 357. The van der Waals surface area contributed by atoms with E-state index in [1.807, 2.05) is 13.8 Å². The summed E-state index contributed by atoms with van der Waals surface area (Å²) in [6.45, 7) is 3.95. The summed E-state index contributed by atoms with van der Waals surface area (Å²) in [5.74, 6) is -0.247. The van der Waals surface area contributed by atoms with E-state index in [9.17, 15) is 4.79 Å². The van der Waals surface area contributed by atoms with Crippen LogP contribution in [0.4, 0.5) is 5.00 Å². The summed E-state index contributed by atoms with van der Waals surface area (Å²) in [5, 5.41) is 4.40. The average Bonchev–Trinajstić information content (AvgIpc) is 2.45. The van der Waals surface area contributed by atoms with Crippen LogP contribution in [-0.4, -0.2) is 30.6 Å². The second kappa shape index (κ2) is 6.80. The Kier molecular flexibility index (Phi) is 6.51. The monoisotopic (exact) mass is 265 g/mol. The smallest absolute Gasteiger partial charge is 0.244 e. The SMILES string of the molecule is COCC(N)C(=O)Nc1sc(C)nc1C.Cl. The lowest BCUT2D eigenvalue weighted by Crippen LogP contribution is -2.39. The molecule has 0 spiro atoms. The van der Waals surface area contributed by atoms with Crippen molar-refractivity contribution in [2.24, 2.45) is 5.73 Å². The van der Waals surface area contributed by atoms with Gasteiger partial charge in [0.15, 0.2) is 0 Å². The molecule has 0 aliphatic heterocycles. The van der Waals surface area contributed by atoms with Crippen molar-refractivity contribution in [1.82, 2.24) is 4.98 Å². The molecule has 0 aromatic carbocycles. The molecule has 92 valence electrons. The number of carbonyl (C=O) groups is 1. The summed E-state index contributed by atoms with van der Waals surface area (Å²) >= 11 is 1.44. The quantitative estimate of drug-likeness (QED) is 0.855. The number of carbonyl (C=O) groups excluding carboxylic acids is 1. The van der Waals surface area contributed by atoms with Crippen molar-refractivity contribution in [1.29, 1.82) is 0 Å². The minimum Gasteiger partial charge on any atom is -0.383 e. The molecule has 1 rings (SSSR count). The van der Waals surface area contributed by atoms with Crippen LogP contribution in [0.3, 0.4) is 0 Å². The lowest BCUT2D eigenvalue weighted by molar-refractivity contribution is -0.118. The van der Waals surface area contributed by atoms with E-state index in [4.69, 9.17) is 10.5 Å². The maximum atomic E-state index is 11.5. The lowest BCUT2D eigenvalue weighted by Gasteiger charge is -2.09. The number of nitrogens with zero attached hydrogens (tertiary/aromatic N) is 1. The van der Waals surface area contributed by atoms with Crippen molar-refractivity contribution in [3.63, 3.8) is 0 Å². The fraction of sp³-hybridized carbons (Fsp3) is 0.556. The number of anilines is 1. The predicted molar refractivity (Wildman–Crippen MR) is 67.3 cm³/mol. The van der Waals surface area contributed by atoms with Gasteiger partial charge in [-0.1, -0.05) is 0 Å². The van der Waals surface area contributed by atoms with E-state index >= 15 is 0 Å². The zero-order valence-corrected chi connectivity index (χ0v) is 11.1. The number of hydrogen-bond acceptors (Lipinski definition) is 5. The van der Waals surface area contributed by atoms with Crippen molar-refractivity contribution in [3.8, 4) is 0 Å². The van der Waals surface area contributed by atoms with E-state index in [0.717, 1.165) is 15.7 Å². The first-order valence-electron chi connectivity index (χ1n) is 4.54. The number of amides is 1. The summed E-state index contributed by atoms with van der Waals surface area (Å²) in [7, 11) is 1.51. The Hall–Kier alpha value is -0.690. The van der Waals surface area contributed by atoms with Gasteiger partial charge < -0.3 is 15.8 Å². The molecule has 1 aromatic rings. The molecule has 1 aromatic heterocycles. The molecule has 0 bridgehead atoms. The number of nitrogens with one attached hydrogen (secondary N) is 1. The fourth-order valence-corrected chi connectivity index (χ4v) is 1.93. The van der Waals surface area contributed by atoms with E-state index in [-0.39, 0.29) is 24.9 Å². The highest BCUT2D eigenvalue weighted by atomic mass is 35.5. The van der Waals surface area contributed by atoms with E-state index in [1.165, 1.54) is 18.4 Å². The molecule has 0 radical (unpaired) electrons. The minimum absolute atomic E-state index is 0. The van der Waals surface area contributed by atoms with Gasteiger partial charge in [0.25, 0.3) is 0 Å². The van der Waals surface area contributed by atoms with E-state index in [1.54, 1.807) is 0 Å². The van der Waals surface area contributed by atoms with Gasteiger partial charge >= 0.3 is 0 Å². The van der Waals surface area contributed by atoms with Crippen molar-refractivity contribution < 1.29 is 9.53 Å². The minimum atomic E-state index is -0.642. The van der Waals surface area contributed by atoms with Gasteiger partial charge in [-0.2, -0.15) is 0 Å². The van der Waals surface area contributed by atoms with Gasteiger partial charge in [-0.3, -0.25) is 4.79 Å². The largest absolute Gasteiger partial charge is 0.383 e. The normalized spacial score (nSPS) is 11.8. The van der Waals surface area contributed by atoms with Crippen LogP contribution in [0.5, 0.6) is 0 Å². The van der Waals surface area contributed by atoms with Crippen LogP contribution in [-0.2, 0) is 9.53 Å².